The van der Waals surface area contributed by atoms with Crippen molar-refractivity contribution in [2.45, 2.75) is 64.1 Å². The highest BCUT2D eigenvalue weighted by atomic mass is 79.9. The molecule has 2 nitrogen and oxygen atoms in total. The summed E-state index contributed by atoms with van der Waals surface area (Å²) in [6.07, 6.45) is 8.21. The van der Waals surface area contributed by atoms with E-state index in [4.69, 9.17) is 0 Å². The molecule has 0 aliphatic heterocycles. The van der Waals surface area contributed by atoms with Crippen molar-refractivity contribution in [3.63, 3.8) is 0 Å². The average Bonchev–Trinajstić information content (AvgIpc) is 3.13. The predicted molar refractivity (Wildman–Crippen MR) is 89.3 cm³/mol. The zero-order chi connectivity index (χ0) is 13.9. The van der Waals surface area contributed by atoms with Gasteiger partial charge >= 0.3 is 0 Å². The molecule has 110 valence electrons. The maximum absolute atomic E-state index is 3.66. The third kappa shape index (κ3) is 3.37. The lowest BCUT2D eigenvalue weighted by atomic mass is 10.1. The summed E-state index contributed by atoms with van der Waals surface area (Å²) in [4.78, 5) is 2.63. The van der Waals surface area contributed by atoms with Crippen molar-refractivity contribution < 1.29 is 0 Å². The van der Waals surface area contributed by atoms with Gasteiger partial charge in [0, 0.05) is 35.3 Å². The van der Waals surface area contributed by atoms with Crippen LogP contribution in [-0.4, -0.2) is 18.6 Å². The number of hydrogen-bond acceptors (Lipinski definition) is 2. The van der Waals surface area contributed by atoms with Gasteiger partial charge in [-0.25, -0.2) is 0 Å². The maximum atomic E-state index is 3.66. The predicted octanol–water partition coefficient (Wildman–Crippen LogP) is 4.47. The molecule has 20 heavy (non-hydrogen) atoms. The lowest BCUT2D eigenvalue weighted by molar-refractivity contribution is 0.612. The van der Waals surface area contributed by atoms with Gasteiger partial charge in [0.25, 0.3) is 0 Å². The van der Waals surface area contributed by atoms with Gasteiger partial charge in [0.05, 0.1) is 0 Å². The lowest BCUT2D eigenvalue weighted by Crippen LogP contribution is -2.34. The Morgan fingerprint density at radius 2 is 1.95 bits per heavy atom. The smallest absolute Gasteiger partial charge is 0.0415 e. The third-order valence-electron chi connectivity index (χ3n) is 4.62. The largest absolute Gasteiger partial charge is 0.369 e. The second kappa shape index (κ2) is 6.48. The standard InChI is InChI=1S/C17H25BrN2/c1-2-20(16-5-3-4-6-16)17-10-7-14(18)11-13(17)12-19-15-8-9-15/h7,10-11,15-16,19H,2-6,8-9,12H2,1H3. The van der Waals surface area contributed by atoms with Gasteiger partial charge < -0.3 is 10.2 Å². The summed E-state index contributed by atoms with van der Waals surface area (Å²) < 4.78 is 1.19. The molecule has 0 amide bonds. The molecule has 2 fully saturated rings. The minimum Gasteiger partial charge on any atom is -0.369 e. The number of anilines is 1. The minimum absolute atomic E-state index is 0.751. The normalized spacial score (nSPS) is 19.5. The van der Waals surface area contributed by atoms with E-state index in [-0.39, 0.29) is 0 Å². The number of hydrogen-bond donors (Lipinski definition) is 1. The van der Waals surface area contributed by atoms with E-state index in [1.165, 1.54) is 54.2 Å². The minimum atomic E-state index is 0.751. The zero-order valence-electron chi connectivity index (χ0n) is 12.4. The first-order chi connectivity index (χ1) is 9.78. The van der Waals surface area contributed by atoms with E-state index in [1.54, 1.807) is 0 Å². The molecule has 3 rings (SSSR count). The molecule has 1 aromatic rings. The van der Waals surface area contributed by atoms with Crippen LogP contribution in [-0.2, 0) is 6.54 Å². The third-order valence-corrected chi connectivity index (χ3v) is 5.11. The number of nitrogens with zero attached hydrogens (tertiary/aromatic N) is 1. The first kappa shape index (κ1) is 14.4. The second-order valence-corrected chi connectivity index (χ2v) is 7.07. The number of halogens is 1. The van der Waals surface area contributed by atoms with Gasteiger partial charge in [0.1, 0.15) is 0 Å². The van der Waals surface area contributed by atoms with E-state index in [9.17, 15) is 0 Å². The van der Waals surface area contributed by atoms with Crippen molar-refractivity contribution in [1.29, 1.82) is 0 Å². The van der Waals surface area contributed by atoms with Crippen LogP contribution in [0, 0.1) is 0 Å². The Morgan fingerprint density at radius 3 is 2.60 bits per heavy atom. The first-order valence-corrected chi connectivity index (χ1v) is 8.85. The van der Waals surface area contributed by atoms with Gasteiger partial charge in [-0.1, -0.05) is 28.8 Å². The Labute approximate surface area is 131 Å². The quantitative estimate of drug-likeness (QED) is 0.824. The van der Waals surface area contributed by atoms with Crippen LogP contribution in [0.1, 0.15) is 51.0 Å². The van der Waals surface area contributed by atoms with E-state index in [0.29, 0.717) is 0 Å². The van der Waals surface area contributed by atoms with Crippen LogP contribution in [0.2, 0.25) is 0 Å². The van der Waals surface area contributed by atoms with Gasteiger partial charge in [0.2, 0.25) is 0 Å². The Balaban J connectivity index is 1.80. The molecule has 0 aromatic heterocycles. The fourth-order valence-corrected chi connectivity index (χ4v) is 3.77. The molecular formula is C17H25BrN2. The summed E-state index contributed by atoms with van der Waals surface area (Å²) in [5, 5.41) is 3.66. The van der Waals surface area contributed by atoms with E-state index in [2.05, 4.69) is 51.3 Å². The van der Waals surface area contributed by atoms with E-state index < -0.39 is 0 Å². The molecule has 0 unspecified atom stereocenters. The summed E-state index contributed by atoms with van der Waals surface area (Å²) in [5.74, 6) is 0. The Morgan fingerprint density at radius 1 is 1.20 bits per heavy atom. The van der Waals surface area contributed by atoms with Crippen LogP contribution in [0.5, 0.6) is 0 Å². The van der Waals surface area contributed by atoms with E-state index >= 15 is 0 Å². The van der Waals surface area contributed by atoms with Crippen molar-refractivity contribution >= 4 is 21.6 Å². The molecule has 3 heteroatoms. The maximum Gasteiger partial charge on any atom is 0.0415 e. The SMILES string of the molecule is CCN(c1ccc(Br)cc1CNC1CC1)C1CCCC1. The van der Waals surface area contributed by atoms with Gasteiger partial charge in [-0.2, -0.15) is 0 Å². The van der Waals surface area contributed by atoms with Crippen molar-refractivity contribution in [2.24, 2.45) is 0 Å². The van der Waals surface area contributed by atoms with Crippen molar-refractivity contribution in [2.75, 3.05) is 11.4 Å². The van der Waals surface area contributed by atoms with Crippen LogP contribution in [0.15, 0.2) is 22.7 Å². The number of nitrogens with one attached hydrogen (secondary N) is 1. The highest BCUT2D eigenvalue weighted by molar-refractivity contribution is 9.10. The fourth-order valence-electron chi connectivity index (χ4n) is 3.36. The molecule has 0 atom stereocenters. The average molecular weight is 337 g/mol. The molecular weight excluding hydrogens is 312 g/mol. The Bertz CT molecular complexity index is 450. The summed E-state index contributed by atoms with van der Waals surface area (Å²) >= 11 is 3.63. The Hall–Kier alpha value is -0.540. The van der Waals surface area contributed by atoms with Crippen LogP contribution in [0.25, 0.3) is 0 Å². The second-order valence-electron chi connectivity index (χ2n) is 6.15. The molecule has 2 aliphatic carbocycles. The zero-order valence-corrected chi connectivity index (χ0v) is 14.0. The molecule has 0 heterocycles. The van der Waals surface area contributed by atoms with E-state index in [1.807, 2.05) is 0 Å². The molecule has 1 N–H and O–H groups in total. The molecule has 1 aromatic carbocycles. The topological polar surface area (TPSA) is 15.3 Å². The van der Waals surface area contributed by atoms with Crippen molar-refractivity contribution in [3.05, 3.63) is 28.2 Å². The molecule has 0 radical (unpaired) electrons. The van der Waals surface area contributed by atoms with Crippen molar-refractivity contribution in [3.8, 4) is 0 Å². The molecule has 0 bridgehead atoms. The highest BCUT2D eigenvalue weighted by Gasteiger charge is 2.25. The molecule has 0 spiro atoms. The van der Waals surface area contributed by atoms with Crippen LogP contribution >= 0.6 is 15.9 Å². The van der Waals surface area contributed by atoms with Crippen LogP contribution in [0.3, 0.4) is 0 Å². The molecule has 2 aliphatic rings. The molecule has 2 saturated carbocycles. The lowest BCUT2D eigenvalue weighted by Gasteiger charge is -2.32. The van der Waals surface area contributed by atoms with Crippen LogP contribution in [0.4, 0.5) is 5.69 Å². The van der Waals surface area contributed by atoms with E-state index in [0.717, 1.165) is 25.2 Å². The summed E-state index contributed by atoms with van der Waals surface area (Å²) in [7, 11) is 0. The van der Waals surface area contributed by atoms with Crippen molar-refractivity contribution in [1.82, 2.24) is 5.32 Å². The van der Waals surface area contributed by atoms with Gasteiger partial charge in [-0.3, -0.25) is 0 Å². The van der Waals surface area contributed by atoms with Gasteiger partial charge in [-0.05, 0) is 56.4 Å². The first-order valence-electron chi connectivity index (χ1n) is 8.06. The number of rotatable bonds is 6. The summed E-state index contributed by atoms with van der Waals surface area (Å²) in [6, 6.07) is 8.30. The van der Waals surface area contributed by atoms with Gasteiger partial charge in [-0.15, -0.1) is 0 Å². The fraction of sp³-hybridized carbons (Fsp3) is 0.647. The number of benzene rings is 1. The van der Waals surface area contributed by atoms with Crippen LogP contribution < -0.4 is 10.2 Å². The summed E-state index contributed by atoms with van der Waals surface area (Å²) in [5.41, 5.74) is 2.88. The monoisotopic (exact) mass is 336 g/mol. The molecule has 0 saturated heterocycles. The highest BCUT2D eigenvalue weighted by Crippen LogP contribution is 2.32. The van der Waals surface area contributed by atoms with Gasteiger partial charge in [0.15, 0.2) is 0 Å². The summed E-state index contributed by atoms with van der Waals surface area (Å²) in [6.45, 7) is 4.41. The Kier molecular flexibility index (Phi) is 4.67.